The van der Waals surface area contributed by atoms with Crippen molar-refractivity contribution in [3.05, 3.63) is 89.5 Å². The van der Waals surface area contributed by atoms with E-state index in [4.69, 9.17) is 9.47 Å². The zero-order chi connectivity index (χ0) is 31.7. The molecule has 0 aromatic heterocycles. The predicted octanol–water partition coefficient (Wildman–Crippen LogP) is 4.87. The van der Waals surface area contributed by atoms with Crippen LogP contribution in [0.1, 0.15) is 48.8 Å². The largest absolute Gasteiger partial charge is 0.497 e. The molecule has 9 nitrogen and oxygen atoms in total. The lowest BCUT2D eigenvalue weighted by atomic mass is 9.94. The van der Waals surface area contributed by atoms with E-state index in [1.54, 1.807) is 18.2 Å². The minimum atomic E-state index is -3.94. The highest BCUT2D eigenvalue weighted by molar-refractivity contribution is 7.92. The number of methoxy groups -OCH3 is 2. The van der Waals surface area contributed by atoms with Crippen LogP contribution in [0.5, 0.6) is 11.5 Å². The van der Waals surface area contributed by atoms with E-state index in [0.29, 0.717) is 5.75 Å². The Morgan fingerprint density at radius 1 is 0.909 bits per heavy atom. The lowest BCUT2D eigenvalue weighted by Gasteiger charge is -2.35. The average Bonchev–Trinajstić information content (AvgIpc) is 3.01. The van der Waals surface area contributed by atoms with Crippen molar-refractivity contribution >= 4 is 27.5 Å². The standard InChI is InChI=1S/C34H43N3O6S/c1-25-12-11-15-27(20-25)23-36(31(21-26-13-7-5-8-14-26)34(39)35-28-16-9-6-10-17-28)33(38)24-37(44(4,40)41)30-19-18-29(42-2)22-32(30)43-3/h5,7-8,11-15,18-20,22,28,31H,6,9-10,16-17,21,23-24H2,1-4H3,(H,35,39). The summed E-state index contributed by atoms with van der Waals surface area (Å²) in [4.78, 5) is 30.0. The molecule has 236 valence electrons. The van der Waals surface area contributed by atoms with Gasteiger partial charge in [-0.05, 0) is 43.0 Å². The fraction of sp³-hybridized carbons (Fsp3) is 0.412. The molecule has 0 spiro atoms. The SMILES string of the molecule is COc1ccc(N(CC(=O)N(Cc2cccc(C)c2)C(Cc2ccccc2)C(=O)NC2CCCCC2)S(C)(=O)=O)c(OC)c1. The van der Waals surface area contributed by atoms with Crippen LogP contribution >= 0.6 is 0 Å². The molecule has 1 aliphatic rings. The Bertz CT molecular complexity index is 1520. The monoisotopic (exact) mass is 621 g/mol. The van der Waals surface area contributed by atoms with Gasteiger partial charge < -0.3 is 19.7 Å². The van der Waals surface area contributed by atoms with Gasteiger partial charge in [-0.2, -0.15) is 0 Å². The van der Waals surface area contributed by atoms with Crippen molar-refractivity contribution in [3.63, 3.8) is 0 Å². The second-order valence-electron chi connectivity index (χ2n) is 11.4. The third-order valence-electron chi connectivity index (χ3n) is 7.99. The number of sulfonamides is 1. The molecule has 0 radical (unpaired) electrons. The van der Waals surface area contributed by atoms with Crippen LogP contribution in [0.2, 0.25) is 0 Å². The van der Waals surface area contributed by atoms with E-state index in [9.17, 15) is 18.0 Å². The first-order valence-electron chi connectivity index (χ1n) is 15.0. The number of hydrogen-bond donors (Lipinski definition) is 1. The van der Waals surface area contributed by atoms with Crippen LogP contribution < -0.4 is 19.1 Å². The summed E-state index contributed by atoms with van der Waals surface area (Å²) in [6.45, 7) is 1.58. The van der Waals surface area contributed by atoms with E-state index in [-0.39, 0.29) is 36.4 Å². The highest BCUT2D eigenvalue weighted by Crippen LogP contribution is 2.34. The van der Waals surface area contributed by atoms with Gasteiger partial charge in [-0.25, -0.2) is 8.42 Å². The molecule has 0 saturated heterocycles. The van der Waals surface area contributed by atoms with E-state index < -0.39 is 28.5 Å². The van der Waals surface area contributed by atoms with Crippen molar-refractivity contribution in [3.8, 4) is 11.5 Å². The lowest BCUT2D eigenvalue weighted by molar-refractivity contribution is -0.140. The first-order chi connectivity index (χ1) is 21.1. The highest BCUT2D eigenvalue weighted by Gasteiger charge is 2.34. The third-order valence-corrected chi connectivity index (χ3v) is 9.12. The second kappa shape index (κ2) is 15.1. The summed E-state index contributed by atoms with van der Waals surface area (Å²) in [7, 11) is -1.01. The summed E-state index contributed by atoms with van der Waals surface area (Å²) in [6, 6.07) is 21.2. The third kappa shape index (κ3) is 8.75. The van der Waals surface area contributed by atoms with Gasteiger partial charge in [0.1, 0.15) is 24.1 Å². The number of amides is 2. The summed E-state index contributed by atoms with van der Waals surface area (Å²) in [5.41, 5.74) is 2.96. The van der Waals surface area contributed by atoms with Crippen LogP contribution in [-0.2, 0) is 32.6 Å². The van der Waals surface area contributed by atoms with Crippen LogP contribution in [0.3, 0.4) is 0 Å². The van der Waals surface area contributed by atoms with E-state index in [2.05, 4.69) is 5.32 Å². The molecule has 0 heterocycles. The fourth-order valence-electron chi connectivity index (χ4n) is 5.69. The second-order valence-corrected chi connectivity index (χ2v) is 13.3. The number of carbonyl (C=O) groups is 2. The van der Waals surface area contributed by atoms with Gasteiger partial charge in [-0.15, -0.1) is 0 Å². The Morgan fingerprint density at radius 3 is 2.25 bits per heavy atom. The Labute approximate surface area is 261 Å². The van der Waals surface area contributed by atoms with Gasteiger partial charge in [-0.3, -0.25) is 13.9 Å². The van der Waals surface area contributed by atoms with Gasteiger partial charge in [0.15, 0.2) is 0 Å². The zero-order valence-corrected chi connectivity index (χ0v) is 26.8. The molecule has 44 heavy (non-hydrogen) atoms. The number of hydrogen-bond acceptors (Lipinski definition) is 6. The van der Waals surface area contributed by atoms with Crippen LogP contribution in [0.4, 0.5) is 5.69 Å². The predicted molar refractivity (Wildman–Crippen MR) is 172 cm³/mol. The molecule has 3 aromatic rings. The summed E-state index contributed by atoms with van der Waals surface area (Å²) >= 11 is 0. The fourth-order valence-corrected chi connectivity index (χ4v) is 6.54. The molecular formula is C34H43N3O6S. The summed E-state index contributed by atoms with van der Waals surface area (Å²) in [5.74, 6) is -0.0262. The minimum absolute atomic E-state index is 0.0431. The van der Waals surface area contributed by atoms with Crippen molar-refractivity contribution in [2.24, 2.45) is 0 Å². The molecule has 0 bridgehead atoms. The number of carbonyl (C=O) groups excluding carboxylic acids is 2. The van der Waals surface area contributed by atoms with Gasteiger partial charge in [0.05, 0.1) is 26.2 Å². The molecule has 1 atom stereocenters. The van der Waals surface area contributed by atoms with Gasteiger partial charge in [0.25, 0.3) is 0 Å². The molecule has 2 amide bonds. The number of anilines is 1. The molecule has 1 aliphatic carbocycles. The number of aryl methyl sites for hydroxylation is 1. The minimum Gasteiger partial charge on any atom is -0.497 e. The van der Waals surface area contributed by atoms with Crippen LogP contribution in [0.15, 0.2) is 72.8 Å². The maximum Gasteiger partial charge on any atom is 0.244 e. The molecule has 1 unspecified atom stereocenters. The van der Waals surface area contributed by atoms with Gasteiger partial charge >= 0.3 is 0 Å². The molecule has 3 aromatic carbocycles. The highest BCUT2D eigenvalue weighted by atomic mass is 32.2. The number of rotatable bonds is 13. The van der Waals surface area contributed by atoms with Crippen molar-refractivity contribution in [1.82, 2.24) is 10.2 Å². The zero-order valence-electron chi connectivity index (χ0n) is 26.0. The first kappa shape index (κ1) is 32.9. The molecule has 1 N–H and O–H groups in total. The van der Waals surface area contributed by atoms with Crippen LogP contribution in [0, 0.1) is 6.92 Å². The number of nitrogens with zero attached hydrogens (tertiary/aromatic N) is 2. The van der Waals surface area contributed by atoms with Gasteiger partial charge in [0, 0.05) is 25.1 Å². The topological polar surface area (TPSA) is 105 Å². The van der Waals surface area contributed by atoms with E-state index in [0.717, 1.165) is 59.4 Å². The normalized spacial score (nSPS) is 14.4. The molecule has 4 rings (SSSR count). The van der Waals surface area contributed by atoms with E-state index >= 15 is 0 Å². The maximum absolute atomic E-state index is 14.4. The lowest BCUT2D eigenvalue weighted by Crippen LogP contribution is -2.55. The molecule has 1 fully saturated rings. The van der Waals surface area contributed by atoms with Crippen LogP contribution in [-0.4, -0.2) is 64.2 Å². The summed E-state index contributed by atoms with van der Waals surface area (Å²) < 4.78 is 38.1. The summed E-state index contributed by atoms with van der Waals surface area (Å²) in [6.07, 6.45) is 6.37. The molecule has 10 heteroatoms. The molecule has 1 saturated carbocycles. The Hall–Kier alpha value is -4.05. The van der Waals surface area contributed by atoms with Crippen molar-refractivity contribution in [2.45, 2.75) is 64.1 Å². The van der Waals surface area contributed by atoms with E-state index in [1.807, 2.05) is 61.5 Å². The van der Waals surface area contributed by atoms with E-state index in [1.165, 1.54) is 19.1 Å². The quantitative estimate of drug-likeness (QED) is 0.292. The van der Waals surface area contributed by atoms with Gasteiger partial charge in [0.2, 0.25) is 21.8 Å². The van der Waals surface area contributed by atoms with Crippen molar-refractivity contribution in [2.75, 3.05) is 31.3 Å². The maximum atomic E-state index is 14.4. The average molecular weight is 622 g/mol. The van der Waals surface area contributed by atoms with Crippen LogP contribution in [0.25, 0.3) is 0 Å². The Morgan fingerprint density at radius 2 is 1.61 bits per heavy atom. The summed E-state index contributed by atoms with van der Waals surface area (Å²) in [5, 5.41) is 3.22. The molecular weight excluding hydrogens is 578 g/mol. The smallest absolute Gasteiger partial charge is 0.244 e. The van der Waals surface area contributed by atoms with Gasteiger partial charge in [-0.1, -0.05) is 79.4 Å². The molecule has 0 aliphatic heterocycles. The Kier molecular flexibility index (Phi) is 11.3. The number of ether oxygens (including phenoxy) is 2. The Balaban J connectivity index is 1.75. The number of benzene rings is 3. The van der Waals surface area contributed by atoms with Crippen molar-refractivity contribution in [1.29, 1.82) is 0 Å². The number of nitrogens with one attached hydrogen (secondary N) is 1. The van der Waals surface area contributed by atoms with Crippen molar-refractivity contribution < 1.29 is 27.5 Å². The first-order valence-corrected chi connectivity index (χ1v) is 16.8.